The van der Waals surface area contributed by atoms with Crippen molar-refractivity contribution in [2.45, 2.75) is 39.2 Å². The van der Waals surface area contributed by atoms with Gasteiger partial charge in [-0.1, -0.05) is 0 Å². The molecule has 0 aliphatic rings. The number of rotatable bonds is 2. The van der Waals surface area contributed by atoms with Gasteiger partial charge in [0.05, 0.1) is 11.1 Å². The second kappa shape index (κ2) is 3.83. The Morgan fingerprint density at radius 1 is 1.13 bits per heavy atom. The van der Waals surface area contributed by atoms with Crippen molar-refractivity contribution < 1.29 is 17.6 Å². The summed E-state index contributed by atoms with van der Waals surface area (Å²) in [4.78, 5) is 0. The van der Waals surface area contributed by atoms with Gasteiger partial charge in [0.2, 0.25) is 0 Å². The van der Waals surface area contributed by atoms with Gasteiger partial charge < -0.3 is 0 Å². The van der Waals surface area contributed by atoms with Crippen molar-refractivity contribution in [3.05, 3.63) is 17.5 Å². The van der Waals surface area contributed by atoms with Gasteiger partial charge in [0.15, 0.2) is 0 Å². The number of hydrogen-bond acceptors (Lipinski definition) is 1. The lowest BCUT2D eigenvalue weighted by Crippen LogP contribution is -2.22. The van der Waals surface area contributed by atoms with Gasteiger partial charge in [-0.25, -0.2) is 17.6 Å². The molecule has 0 aromatic carbocycles. The molecule has 0 saturated heterocycles. The number of aromatic nitrogens is 2. The Bertz CT molecular complexity index is 313. The summed E-state index contributed by atoms with van der Waals surface area (Å²) >= 11 is 0. The molecule has 1 aromatic heterocycles. The number of hydrogen-bond donors (Lipinski definition) is 0. The molecule has 1 rings (SSSR count). The molecule has 0 radical (unpaired) electrons. The molecule has 0 spiro atoms. The summed E-state index contributed by atoms with van der Waals surface area (Å²) in [5.41, 5.74) is -2.11. The molecule has 0 unspecified atom stereocenters. The topological polar surface area (TPSA) is 17.8 Å². The van der Waals surface area contributed by atoms with Crippen LogP contribution < -0.4 is 0 Å². The van der Waals surface area contributed by atoms with Crippen LogP contribution in [0.2, 0.25) is 0 Å². The lowest BCUT2D eigenvalue weighted by Gasteiger charge is -2.18. The van der Waals surface area contributed by atoms with Crippen LogP contribution in [0.4, 0.5) is 17.6 Å². The molecule has 0 atom stereocenters. The van der Waals surface area contributed by atoms with E-state index in [9.17, 15) is 17.6 Å². The lowest BCUT2D eigenvalue weighted by molar-refractivity contribution is 0.121. The average molecular weight is 224 g/mol. The third-order valence-corrected chi connectivity index (χ3v) is 1.90. The Morgan fingerprint density at radius 2 is 1.67 bits per heavy atom. The monoisotopic (exact) mass is 224 g/mol. The zero-order valence-electron chi connectivity index (χ0n) is 8.64. The molecule has 0 N–H and O–H groups in total. The maximum absolute atomic E-state index is 12.4. The van der Waals surface area contributed by atoms with E-state index < -0.39 is 29.6 Å². The normalized spacial score (nSPS) is 12.9. The standard InChI is InChI=1S/C9H12F4N2/c1-9(2,3)15-4-5(7(10)11)6(14-15)8(12)13/h4,7-8H,1-3H3. The molecular formula is C9H12F4N2. The summed E-state index contributed by atoms with van der Waals surface area (Å²) in [5.74, 6) is 0. The second-order valence-electron chi connectivity index (χ2n) is 4.19. The molecule has 0 amide bonds. The summed E-state index contributed by atoms with van der Waals surface area (Å²) in [7, 11) is 0. The first kappa shape index (κ1) is 12.0. The molecule has 0 bridgehead atoms. The van der Waals surface area contributed by atoms with Crippen LogP contribution in [0.3, 0.4) is 0 Å². The zero-order valence-corrected chi connectivity index (χ0v) is 8.64. The fourth-order valence-corrected chi connectivity index (χ4v) is 1.08. The minimum Gasteiger partial charge on any atom is -0.267 e. The molecule has 2 nitrogen and oxygen atoms in total. The quantitative estimate of drug-likeness (QED) is 0.703. The predicted molar refractivity (Wildman–Crippen MR) is 47.1 cm³/mol. The van der Waals surface area contributed by atoms with E-state index in [-0.39, 0.29) is 0 Å². The van der Waals surface area contributed by atoms with Gasteiger partial charge in [-0.3, -0.25) is 4.68 Å². The third kappa shape index (κ3) is 2.49. The molecular weight excluding hydrogens is 212 g/mol. The van der Waals surface area contributed by atoms with Crippen molar-refractivity contribution in [3.8, 4) is 0 Å². The van der Waals surface area contributed by atoms with Crippen LogP contribution in [0.5, 0.6) is 0 Å². The van der Waals surface area contributed by atoms with E-state index in [0.29, 0.717) is 0 Å². The van der Waals surface area contributed by atoms with Crippen molar-refractivity contribution in [2.24, 2.45) is 0 Å². The van der Waals surface area contributed by atoms with E-state index in [1.54, 1.807) is 20.8 Å². The van der Waals surface area contributed by atoms with Crippen molar-refractivity contribution in [2.75, 3.05) is 0 Å². The molecule has 0 saturated carbocycles. The van der Waals surface area contributed by atoms with E-state index in [1.165, 1.54) is 0 Å². The van der Waals surface area contributed by atoms with Gasteiger partial charge in [-0.2, -0.15) is 5.10 Å². The van der Waals surface area contributed by atoms with E-state index >= 15 is 0 Å². The van der Waals surface area contributed by atoms with Gasteiger partial charge >= 0.3 is 0 Å². The number of nitrogens with zero attached hydrogens (tertiary/aromatic N) is 2. The number of halogens is 4. The van der Waals surface area contributed by atoms with Crippen LogP contribution in [0.1, 0.15) is 44.9 Å². The smallest absolute Gasteiger partial charge is 0.267 e. The van der Waals surface area contributed by atoms with E-state index in [2.05, 4.69) is 5.10 Å². The first-order valence-electron chi connectivity index (χ1n) is 4.39. The van der Waals surface area contributed by atoms with Gasteiger partial charge in [-0.05, 0) is 20.8 Å². The Labute approximate surface area is 84.9 Å². The summed E-state index contributed by atoms with van der Waals surface area (Å²) in [5, 5.41) is 3.49. The highest BCUT2D eigenvalue weighted by Crippen LogP contribution is 2.30. The molecule has 15 heavy (non-hydrogen) atoms. The molecule has 1 heterocycles. The van der Waals surface area contributed by atoms with E-state index in [0.717, 1.165) is 10.9 Å². The Kier molecular flexibility index (Phi) is 3.06. The van der Waals surface area contributed by atoms with Gasteiger partial charge in [0.1, 0.15) is 5.69 Å². The van der Waals surface area contributed by atoms with Gasteiger partial charge in [0, 0.05) is 6.20 Å². The summed E-state index contributed by atoms with van der Waals surface area (Å²) in [6.45, 7) is 5.10. The average Bonchev–Trinajstić information content (AvgIpc) is 2.45. The van der Waals surface area contributed by atoms with Crippen LogP contribution >= 0.6 is 0 Å². The van der Waals surface area contributed by atoms with E-state index in [1.807, 2.05) is 0 Å². The third-order valence-electron chi connectivity index (χ3n) is 1.90. The molecule has 0 fully saturated rings. The van der Waals surface area contributed by atoms with Gasteiger partial charge in [-0.15, -0.1) is 0 Å². The fraction of sp³-hybridized carbons (Fsp3) is 0.667. The van der Waals surface area contributed by atoms with Crippen molar-refractivity contribution in [3.63, 3.8) is 0 Å². The van der Waals surface area contributed by atoms with Crippen LogP contribution in [0, 0.1) is 0 Å². The summed E-state index contributed by atoms with van der Waals surface area (Å²) in [6.07, 6.45) is -4.92. The Morgan fingerprint density at radius 3 is 1.93 bits per heavy atom. The predicted octanol–water partition coefficient (Wildman–Crippen LogP) is 3.51. The van der Waals surface area contributed by atoms with Crippen molar-refractivity contribution in [1.82, 2.24) is 9.78 Å². The maximum Gasteiger partial charge on any atom is 0.282 e. The van der Waals surface area contributed by atoms with Crippen LogP contribution in [0.15, 0.2) is 6.20 Å². The Hall–Kier alpha value is -1.07. The SMILES string of the molecule is CC(C)(C)n1cc(C(F)F)c(C(F)F)n1. The summed E-state index contributed by atoms with van der Waals surface area (Å²) in [6, 6.07) is 0. The molecule has 86 valence electrons. The molecule has 1 aromatic rings. The highest BCUT2D eigenvalue weighted by atomic mass is 19.3. The minimum absolute atomic E-state index is 0.587. The molecule has 6 heteroatoms. The van der Waals surface area contributed by atoms with Crippen molar-refractivity contribution in [1.29, 1.82) is 0 Å². The molecule has 0 aliphatic carbocycles. The highest BCUT2D eigenvalue weighted by Gasteiger charge is 2.27. The maximum atomic E-state index is 12.4. The van der Waals surface area contributed by atoms with E-state index in [4.69, 9.17) is 0 Å². The Balaban J connectivity index is 3.21. The minimum atomic E-state index is -2.97. The lowest BCUT2D eigenvalue weighted by atomic mass is 10.1. The van der Waals surface area contributed by atoms with Crippen LogP contribution in [-0.4, -0.2) is 9.78 Å². The van der Waals surface area contributed by atoms with Crippen LogP contribution in [-0.2, 0) is 5.54 Å². The van der Waals surface area contributed by atoms with Crippen molar-refractivity contribution >= 4 is 0 Å². The summed E-state index contributed by atoms with van der Waals surface area (Å²) < 4.78 is 50.7. The molecule has 0 aliphatic heterocycles. The first-order chi connectivity index (χ1) is 6.73. The second-order valence-corrected chi connectivity index (χ2v) is 4.19. The first-order valence-corrected chi connectivity index (χ1v) is 4.39. The number of alkyl halides is 4. The fourth-order valence-electron chi connectivity index (χ4n) is 1.08. The van der Waals surface area contributed by atoms with Gasteiger partial charge in [0.25, 0.3) is 12.9 Å². The largest absolute Gasteiger partial charge is 0.282 e. The highest BCUT2D eigenvalue weighted by molar-refractivity contribution is 5.20. The van der Waals surface area contributed by atoms with Crippen LogP contribution in [0.25, 0.3) is 0 Å². The zero-order chi connectivity index (χ0) is 11.8.